The van der Waals surface area contributed by atoms with Gasteiger partial charge in [-0.1, -0.05) is 115 Å². The highest BCUT2D eigenvalue weighted by Crippen LogP contribution is 2.43. The fraction of sp³-hybridized carbons (Fsp3) is 0. The molecule has 3 aliphatic heterocycles. The Bertz CT molecular complexity index is 4930. The highest BCUT2D eigenvalue weighted by molar-refractivity contribution is 8.20. The summed E-state index contributed by atoms with van der Waals surface area (Å²) in [7, 11) is 0. The summed E-state index contributed by atoms with van der Waals surface area (Å²) < 4.78 is 0. The Morgan fingerprint density at radius 3 is 1.55 bits per heavy atom. The Balaban J connectivity index is 0.760. The largest absolute Gasteiger partial charge is 0.361 e. The Morgan fingerprint density at radius 1 is 0.402 bits per heavy atom. The van der Waals surface area contributed by atoms with Gasteiger partial charge in [-0.3, -0.25) is 29.1 Å². The molecule has 0 spiro atoms. The third kappa shape index (κ3) is 10.5. The first-order valence-electron chi connectivity index (χ1n) is 27.8. The van der Waals surface area contributed by atoms with E-state index in [0.717, 1.165) is 94.5 Å². The van der Waals surface area contributed by atoms with Gasteiger partial charge in [-0.05, 0) is 191 Å². The molecule has 12 aromatic rings. The molecular formula is C71H46N10O3S3. The van der Waals surface area contributed by atoms with Gasteiger partial charge in [-0.2, -0.15) is 0 Å². The van der Waals surface area contributed by atoms with Gasteiger partial charge in [0, 0.05) is 39.8 Å². The minimum Gasteiger partial charge on any atom is -0.361 e. The normalized spacial score (nSPS) is 17.4. The van der Waals surface area contributed by atoms with Crippen molar-refractivity contribution in [1.29, 1.82) is 0 Å². The van der Waals surface area contributed by atoms with E-state index in [2.05, 4.69) is 38.1 Å². The number of carbonyl (C=O) groups is 3. The fourth-order valence-electron chi connectivity index (χ4n) is 10.8. The predicted molar refractivity (Wildman–Crippen MR) is 360 cm³/mol. The summed E-state index contributed by atoms with van der Waals surface area (Å²) in [6.07, 6.45) is 11.3. The van der Waals surface area contributed by atoms with Gasteiger partial charge >= 0.3 is 0 Å². The van der Waals surface area contributed by atoms with Crippen molar-refractivity contribution in [3.05, 3.63) is 275 Å². The second-order valence-electron chi connectivity index (χ2n) is 20.6. The Morgan fingerprint density at radius 2 is 0.920 bits per heavy atom. The van der Waals surface area contributed by atoms with E-state index in [4.69, 9.17) is 15.0 Å². The number of aliphatic imine (C=N–C) groups is 3. The van der Waals surface area contributed by atoms with Gasteiger partial charge in [-0.15, -0.1) is 0 Å². The lowest BCUT2D eigenvalue weighted by Crippen LogP contribution is -2.28. The van der Waals surface area contributed by atoms with Crippen molar-refractivity contribution in [2.45, 2.75) is 0 Å². The molecule has 0 bridgehead atoms. The van der Waals surface area contributed by atoms with Crippen LogP contribution in [0.25, 0.3) is 73.3 Å². The second-order valence-corrected chi connectivity index (χ2v) is 23.6. The third-order valence-electron chi connectivity index (χ3n) is 14.9. The average Bonchev–Trinajstić information content (AvgIpc) is 2.92. The first-order chi connectivity index (χ1) is 42.8. The molecule has 3 saturated heterocycles. The van der Waals surface area contributed by atoms with E-state index in [1.54, 1.807) is 21.0 Å². The highest BCUT2D eigenvalue weighted by atomic mass is 32.2. The van der Waals surface area contributed by atoms with Crippen LogP contribution in [0.3, 0.4) is 0 Å². The smallest absolute Gasteiger partial charge is 0.271 e. The predicted octanol–water partition coefficient (Wildman–Crippen LogP) is 17.3. The SMILES string of the molecule is O=C1/C(=C/c2cc(-c3cccc(/N=C4\S/C(=C\c5ccc6[nH]cnc6c5)C(=O)N4c4cccc(-c5c[nH]c6cc(/C=C7\S/C(=N\c8ccccc8)N(c8ccccc8)C7=O)ccc56)c4)c3)c3[nH]ccc3c2)S/C(=N\c2ccccc2)N1c1ccccc1. The zero-order valence-electron chi connectivity index (χ0n) is 45.9. The van der Waals surface area contributed by atoms with E-state index in [-0.39, 0.29) is 17.7 Å². The topological polar surface area (TPSA) is 158 Å². The number of hydrogen-bond acceptors (Lipinski definition) is 10. The van der Waals surface area contributed by atoms with Crippen LogP contribution in [0.1, 0.15) is 16.7 Å². The number of aromatic amines is 3. The lowest BCUT2D eigenvalue weighted by molar-refractivity contribution is -0.114. The lowest BCUT2D eigenvalue weighted by Gasteiger charge is -2.17. The molecule has 416 valence electrons. The Labute approximate surface area is 511 Å². The summed E-state index contributed by atoms with van der Waals surface area (Å²) in [5.74, 6) is -0.529. The van der Waals surface area contributed by atoms with Gasteiger partial charge in [0.2, 0.25) is 0 Å². The van der Waals surface area contributed by atoms with E-state index < -0.39 is 0 Å². The molecule has 0 aliphatic carbocycles. The van der Waals surface area contributed by atoms with Gasteiger partial charge in [0.25, 0.3) is 17.7 Å². The Hall–Kier alpha value is -10.8. The molecule has 3 fully saturated rings. The van der Waals surface area contributed by atoms with Crippen LogP contribution in [0.15, 0.2) is 273 Å². The van der Waals surface area contributed by atoms with Crippen molar-refractivity contribution in [2.75, 3.05) is 14.7 Å². The average molecular weight is 1180 g/mol. The van der Waals surface area contributed by atoms with Crippen molar-refractivity contribution in [2.24, 2.45) is 15.0 Å². The van der Waals surface area contributed by atoms with Crippen molar-refractivity contribution < 1.29 is 14.4 Å². The summed E-state index contributed by atoms with van der Waals surface area (Å²) in [6.45, 7) is 0. The fourth-order valence-corrected chi connectivity index (χ4v) is 13.8. The van der Waals surface area contributed by atoms with Crippen molar-refractivity contribution >= 4 is 154 Å². The second kappa shape index (κ2) is 22.7. The first-order valence-corrected chi connectivity index (χ1v) is 30.3. The number of nitrogens with zero attached hydrogens (tertiary/aromatic N) is 7. The number of para-hydroxylation sites is 4. The van der Waals surface area contributed by atoms with E-state index in [1.165, 1.54) is 35.3 Å². The van der Waals surface area contributed by atoms with Gasteiger partial charge in [0.1, 0.15) is 0 Å². The quantitative estimate of drug-likeness (QED) is 0.109. The Kier molecular flexibility index (Phi) is 13.8. The van der Waals surface area contributed by atoms with E-state index >= 15 is 4.79 Å². The van der Waals surface area contributed by atoms with Gasteiger partial charge in [0.15, 0.2) is 15.5 Å². The molecule has 87 heavy (non-hydrogen) atoms. The van der Waals surface area contributed by atoms with Gasteiger partial charge < -0.3 is 15.0 Å². The monoisotopic (exact) mass is 1180 g/mol. The maximum Gasteiger partial charge on any atom is 0.271 e. The number of amidine groups is 3. The van der Waals surface area contributed by atoms with E-state index in [9.17, 15) is 9.59 Å². The molecule has 3 aromatic heterocycles. The molecule has 6 heterocycles. The van der Waals surface area contributed by atoms with Crippen LogP contribution in [0, 0.1) is 0 Å². The molecular weight excluding hydrogens is 1140 g/mol. The molecule has 0 atom stereocenters. The van der Waals surface area contributed by atoms with Crippen LogP contribution in [-0.4, -0.2) is 53.2 Å². The zero-order chi connectivity index (χ0) is 58.4. The van der Waals surface area contributed by atoms with Crippen LogP contribution < -0.4 is 14.7 Å². The number of hydrogen-bond donors (Lipinski definition) is 3. The minimum atomic E-state index is -0.219. The summed E-state index contributed by atoms with van der Waals surface area (Å²) >= 11 is 4.01. The molecule has 13 nitrogen and oxygen atoms in total. The molecule has 0 saturated carbocycles. The van der Waals surface area contributed by atoms with Crippen LogP contribution in [-0.2, 0) is 14.4 Å². The molecule has 9 aromatic carbocycles. The van der Waals surface area contributed by atoms with Crippen LogP contribution in [0.5, 0.6) is 0 Å². The number of rotatable bonds is 11. The molecule has 16 heteroatoms. The lowest BCUT2D eigenvalue weighted by atomic mass is 9.99. The summed E-state index contributed by atoms with van der Waals surface area (Å²) in [6, 6.07) is 72.6. The van der Waals surface area contributed by atoms with Crippen molar-refractivity contribution in [3.63, 3.8) is 0 Å². The highest BCUT2D eigenvalue weighted by Gasteiger charge is 2.38. The number of benzene rings is 9. The number of aromatic nitrogens is 4. The maximum absolute atomic E-state index is 15.0. The first kappa shape index (κ1) is 53.0. The number of imidazole rings is 1. The zero-order valence-corrected chi connectivity index (χ0v) is 48.4. The van der Waals surface area contributed by atoms with Crippen LogP contribution in [0.4, 0.5) is 34.1 Å². The summed E-state index contributed by atoms with van der Waals surface area (Å²) in [5, 5.41) is 3.58. The molecule has 3 N–H and O–H groups in total. The molecule has 3 aliphatic rings. The molecule has 0 unspecified atom stereocenters. The number of amides is 3. The maximum atomic E-state index is 15.0. The van der Waals surface area contributed by atoms with E-state index in [1.807, 2.05) is 237 Å². The number of H-pyrrole nitrogens is 3. The number of anilines is 3. The van der Waals surface area contributed by atoms with Gasteiger partial charge in [-0.25, -0.2) is 20.0 Å². The molecule has 3 amide bonds. The third-order valence-corrected chi connectivity index (χ3v) is 17.8. The summed E-state index contributed by atoms with van der Waals surface area (Å²) in [5.41, 5.74) is 13.9. The minimum absolute atomic E-state index is 0.150. The van der Waals surface area contributed by atoms with Gasteiger partial charge in [0.05, 0.1) is 71.7 Å². The van der Waals surface area contributed by atoms with E-state index in [0.29, 0.717) is 41.6 Å². The number of thioether (sulfide) groups is 3. The molecule has 0 radical (unpaired) electrons. The molecule has 15 rings (SSSR count). The van der Waals surface area contributed by atoms with Crippen LogP contribution in [0.2, 0.25) is 0 Å². The number of fused-ring (bicyclic) bond motifs is 3. The van der Waals surface area contributed by atoms with Crippen molar-refractivity contribution in [3.8, 4) is 22.3 Å². The number of nitrogens with one attached hydrogen (secondary N) is 3. The summed E-state index contributed by atoms with van der Waals surface area (Å²) in [4.78, 5) is 79.8. The van der Waals surface area contributed by atoms with Crippen LogP contribution >= 0.6 is 35.3 Å². The standard InChI is InChI=1S/C71H46N10O3S3/c82-66-62(85-69(76-50-17-5-1-6-18-50)79(66)53-22-9-3-10-23-53)37-44-27-29-56-58(42-73-60(56)35-44)48-16-14-26-55(41-48)81-68(84)63(38-45-28-30-59-61(36-45)75-43-74-59)86-71(81)78-52-21-13-15-47(40-52)57-34-46(33-49-31-32-72-65(49)57)39-64-67(83)80(54-24-11-4-12-25-54)70(87-64)77-51-19-7-2-8-20-51/h1-43,72-73H,(H,74,75)/b62-37-,63-38-,64-39-,76-69-,77-70-,78-71-. The number of carbonyl (C=O) groups excluding carboxylic acids is 3. The van der Waals surface area contributed by atoms with Crippen molar-refractivity contribution in [1.82, 2.24) is 19.9 Å².